The van der Waals surface area contributed by atoms with Gasteiger partial charge >= 0.3 is 12.4 Å². The minimum Gasteiger partial charge on any atom is -0.495 e. The Morgan fingerprint density at radius 3 is 1.45 bits per heavy atom. The number of hydrogen-bond donors (Lipinski definition) is 7. The Balaban J connectivity index is 0.000000242. The summed E-state index contributed by atoms with van der Waals surface area (Å²) in [5, 5.41) is 11.1. The largest absolute Gasteiger partial charge is 0.495 e. The van der Waals surface area contributed by atoms with E-state index in [1.165, 1.54) is 26.7 Å². The van der Waals surface area contributed by atoms with Gasteiger partial charge in [0.25, 0.3) is 11.8 Å². The summed E-state index contributed by atoms with van der Waals surface area (Å²) in [7, 11) is 6.98. The van der Waals surface area contributed by atoms with Crippen LogP contribution in [0, 0.1) is 5.92 Å². The van der Waals surface area contributed by atoms with E-state index in [4.69, 9.17) is 38.3 Å². The average molecular weight is 1070 g/mol. The Kier molecular flexibility index (Phi) is 21.4. The number of methoxy groups -OCH3 is 2. The first-order chi connectivity index (χ1) is 34.6. The summed E-state index contributed by atoms with van der Waals surface area (Å²) in [6, 6.07) is 10.2. The minimum atomic E-state index is -4.64. The molecule has 4 heterocycles. The lowest BCUT2D eigenvalue weighted by Crippen LogP contribution is -2.43. The van der Waals surface area contributed by atoms with Crippen molar-refractivity contribution in [3.05, 3.63) is 81.9 Å². The highest BCUT2D eigenvalue weighted by Gasteiger charge is 2.37. The Morgan fingerprint density at radius 2 is 1.07 bits per heavy atom. The number of alkyl halides is 6. The maximum atomic E-state index is 13.6. The zero-order valence-corrected chi connectivity index (χ0v) is 42.1. The van der Waals surface area contributed by atoms with Crippen LogP contribution >= 0.6 is 11.6 Å². The van der Waals surface area contributed by atoms with Crippen LogP contribution in [0.3, 0.4) is 0 Å². The van der Waals surface area contributed by atoms with E-state index in [0.29, 0.717) is 52.3 Å². The molecule has 2 saturated carbocycles. The normalized spacial score (nSPS) is 20.7. The van der Waals surface area contributed by atoms with Gasteiger partial charge in [0.05, 0.1) is 36.9 Å². The Labute approximate surface area is 433 Å². The van der Waals surface area contributed by atoms with Gasteiger partial charge in [-0.25, -0.2) is 19.9 Å². The van der Waals surface area contributed by atoms with E-state index >= 15 is 0 Å². The third kappa shape index (κ3) is 16.7. The van der Waals surface area contributed by atoms with E-state index in [1.54, 1.807) is 30.3 Å². The van der Waals surface area contributed by atoms with Gasteiger partial charge in [0.15, 0.2) is 0 Å². The van der Waals surface area contributed by atoms with Crippen LogP contribution in [0.2, 0.25) is 5.15 Å². The highest BCUT2D eigenvalue weighted by atomic mass is 35.5. The van der Waals surface area contributed by atoms with Crippen LogP contribution in [0.5, 0.6) is 11.5 Å². The minimum absolute atomic E-state index is 0. The number of piperidine rings is 2. The molecule has 4 atom stereocenters. The first-order valence-electron chi connectivity index (χ1n) is 24.3. The van der Waals surface area contributed by atoms with Crippen molar-refractivity contribution in [1.82, 2.24) is 40.4 Å². The Morgan fingerprint density at radius 1 is 0.649 bits per heavy atom. The molecule has 0 unspecified atom stereocenters. The van der Waals surface area contributed by atoms with Crippen LogP contribution in [0.1, 0.15) is 109 Å². The highest BCUT2D eigenvalue weighted by Crippen LogP contribution is 2.37. The van der Waals surface area contributed by atoms with E-state index in [-0.39, 0.29) is 67.3 Å². The topological polar surface area (TPSA) is 237 Å². The number of anilines is 4. The standard InChI is InChI=1S/C25H33F3N6O2.C19H21ClF3N5O2.C5H12N2.CH4/c1-34-10-8-17(9-11-34)31-23(35)16-6-7-20(22(13-16)36-2)32-24-30-14-18(25(26,27)28)21(33-24)12-15-4-3-5-19(15)29;1-28-7-5-12(6-8-28)25-17(29)11-3-4-14(15(9-11)30-2)26-18-24-10-13(16(20)27-18)19(21,22)23;6-4-2-1-3-5(4)7;/h6-7,13-15,17,19H,3-5,8-12,29H2,1-2H3,(H,31,35)(H,30,32,33);3-4,9-10,12H,5-8H2,1-2H3,(H,25,29)(H,24,26,27);4-5H,1-3,6-7H2;1H4/t15-,19+;;4-,5-;/m0.1./s1. The predicted molar refractivity (Wildman–Crippen MR) is 273 cm³/mol. The molecule has 2 amide bonds. The summed E-state index contributed by atoms with van der Waals surface area (Å²) in [5.74, 6) is 0.0881. The van der Waals surface area contributed by atoms with Gasteiger partial charge in [-0.05, 0) is 140 Å². The molecule has 4 fully saturated rings. The second-order valence-corrected chi connectivity index (χ2v) is 19.3. The van der Waals surface area contributed by atoms with E-state index < -0.39 is 28.6 Å². The maximum absolute atomic E-state index is 13.6. The number of nitrogens with zero attached hydrogens (tertiary/aromatic N) is 6. The lowest BCUT2D eigenvalue weighted by atomic mass is 9.96. The number of hydrogen-bond acceptors (Lipinski definition) is 15. The number of nitrogens with one attached hydrogen (secondary N) is 4. The van der Waals surface area contributed by atoms with Gasteiger partial charge < -0.3 is 57.7 Å². The third-order valence-corrected chi connectivity index (χ3v) is 13.8. The summed E-state index contributed by atoms with van der Waals surface area (Å²) < 4.78 is 89.9. The number of aromatic nitrogens is 4. The molecule has 24 heteroatoms. The summed E-state index contributed by atoms with van der Waals surface area (Å²) in [5.41, 5.74) is 16.8. The van der Waals surface area contributed by atoms with Crippen LogP contribution in [-0.2, 0) is 18.8 Å². The van der Waals surface area contributed by atoms with Gasteiger partial charge in [0, 0.05) is 53.7 Å². The van der Waals surface area contributed by atoms with E-state index in [2.05, 4.69) is 58.1 Å². The van der Waals surface area contributed by atoms with Gasteiger partial charge in [-0.1, -0.05) is 31.9 Å². The fraction of sp³-hybridized carbons (Fsp3) is 0.560. The molecule has 2 aromatic heterocycles. The number of carbonyl (C=O) groups is 2. The summed E-state index contributed by atoms with van der Waals surface area (Å²) >= 11 is 5.62. The smallest absolute Gasteiger partial charge is 0.420 e. The highest BCUT2D eigenvalue weighted by molar-refractivity contribution is 6.30. The molecule has 2 aliphatic carbocycles. The summed E-state index contributed by atoms with van der Waals surface area (Å²) in [4.78, 5) is 45.2. The molecule has 74 heavy (non-hydrogen) atoms. The molecular weight excluding hydrogens is 996 g/mol. The number of nitrogens with two attached hydrogens (primary N) is 3. The van der Waals surface area contributed by atoms with E-state index in [0.717, 1.165) is 90.2 Å². The number of halogens is 7. The van der Waals surface area contributed by atoms with Crippen molar-refractivity contribution in [3.8, 4) is 11.5 Å². The maximum Gasteiger partial charge on any atom is 0.420 e. The third-order valence-electron chi connectivity index (χ3n) is 13.5. The van der Waals surface area contributed by atoms with Crippen molar-refractivity contribution in [3.63, 3.8) is 0 Å². The first kappa shape index (κ1) is 59.3. The van der Waals surface area contributed by atoms with Gasteiger partial charge in [-0.2, -0.15) is 26.3 Å². The van der Waals surface area contributed by atoms with E-state index in [1.807, 2.05) is 7.05 Å². The van der Waals surface area contributed by atoms with Gasteiger partial charge in [0.1, 0.15) is 22.2 Å². The van der Waals surface area contributed by atoms with Crippen LogP contribution in [0.4, 0.5) is 49.6 Å². The molecular formula is C50H70ClF6N13O4. The second kappa shape index (κ2) is 26.8. The molecule has 0 bridgehead atoms. The molecule has 4 aromatic rings. The van der Waals surface area contributed by atoms with Crippen molar-refractivity contribution >= 4 is 46.7 Å². The fourth-order valence-corrected chi connectivity index (χ4v) is 9.26. The van der Waals surface area contributed by atoms with Crippen molar-refractivity contribution in [2.24, 2.45) is 23.1 Å². The number of rotatable bonds is 12. The summed E-state index contributed by atoms with van der Waals surface area (Å²) in [6.07, 6.45) is 1.84. The monoisotopic (exact) mass is 1070 g/mol. The SMILES string of the molecule is C.COc1cc(C(=O)NC2CCN(C)CC2)ccc1Nc1ncc(C(F)(F)F)c(C[C@@H]2CCC[C@H]2N)n1.COc1cc(C(=O)NC2CCN(C)CC2)ccc1Nc1ncc(C(F)(F)F)c(Cl)n1.N[C@@H]1CCC[C@H]1N. The van der Waals surface area contributed by atoms with Gasteiger partial charge in [-0.3, -0.25) is 9.59 Å². The molecule has 2 aliphatic heterocycles. The molecule has 4 aliphatic rings. The van der Waals surface area contributed by atoms with Crippen molar-refractivity contribution < 1.29 is 45.4 Å². The lowest BCUT2D eigenvalue weighted by molar-refractivity contribution is -0.139. The van der Waals surface area contributed by atoms with Crippen LogP contribution < -0.4 is 47.9 Å². The second-order valence-electron chi connectivity index (χ2n) is 18.9. The Bertz CT molecular complexity index is 2470. The van der Waals surface area contributed by atoms with Gasteiger partial charge in [0.2, 0.25) is 11.9 Å². The number of amides is 2. The number of ether oxygens (including phenoxy) is 2. The van der Waals surface area contributed by atoms with Crippen molar-refractivity contribution in [1.29, 1.82) is 0 Å². The zero-order chi connectivity index (χ0) is 53.0. The average Bonchev–Trinajstić information content (AvgIpc) is 3.94. The predicted octanol–water partition coefficient (Wildman–Crippen LogP) is 7.93. The molecule has 408 valence electrons. The Hall–Kier alpha value is -5.59. The number of benzene rings is 2. The molecule has 2 saturated heterocycles. The zero-order valence-electron chi connectivity index (χ0n) is 41.4. The molecule has 2 aromatic carbocycles. The van der Waals surface area contributed by atoms with Gasteiger partial charge in [-0.15, -0.1) is 0 Å². The quantitative estimate of drug-likeness (QED) is 0.0527. The molecule has 17 nitrogen and oxygen atoms in total. The fourth-order valence-electron chi connectivity index (χ4n) is 9.02. The summed E-state index contributed by atoms with van der Waals surface area (Å²) in [6.45, 7) is 3.71. The molecule has 10 N–H and O–H groups in total. The first-order valence-corrected chi connectivity index (χ1v) is 24.7. The van der Waals surface area contributed by atoms with Crippen molar-refractivity contribution in [2.45, 2.75) is 121 Å². The molecule has 0 spiro atoms. The van der Waals surface area contributed by atoms with E-state index in [9.17, 15) is 35.9 Å². The van der Waals surface area contributed by atoms with Crippen LogP contribution in [0.25, 0.3) is 0 Å². The van der Waals surface area contributed by atoms with Crippen LogP contribution in [-0.4, -0.2) is 126 Å². The number of carbonyl (C=O) groups excluding carboxylic acids is 2. The molecule has 8 rings (SSSR count). The van der Waals surface area contributed by atoms with Crippen molar-refractivity contribution in [2.75, 3.05) is 65.1 Å². The number of likely N-dealkylation sites (tertiary alicyclic amines) is 2. The molecule has 0 radical (unpaired) electrons. The lowest BCUT2D eigenvalue weighted by Gasteiger charge is -2.29. The van der Waals surface area contributed by atoms with Crippen LogP contribution in [0.15, 0.2) is 48.8 Å².